The first kappa shape index (κ1) is 24.2. The molecule has 0 radical (unpaired) electrons. The number of methoxy groups -OCH3 is 1. The van der Waals surface area contributed by atoms with E-state index in [2.05, 4.69) is 20.3 Å². The second kappa shape index (κ2) is 9.38. The van der Waals surface area contributed by atoms with Crippen LogP contribution in [0.15, 0.2) is 61.2 Å². The lowest BCUT2D eigenvalue weighted by Crippen LogP contribution is -2.14. The van der Waals surface area contributed by atoms with Gasteiger partial charge in [0.1, 0.15) is 24.4 Å². The van der Waals surface area contributed by atoms with Gasteiger partial charge in [0.05, 0.1) is 29.8 Å². The molecule has 12 heteroatoms. The number of rotatable bonds is 6. The molecule has 6 aromatic rings. The zero-order valence-electron chi connectivity index (χ0n) is 21.8. The topological polar surface area (TPSA) is 117 Å². The zero-order chi connectivity index (χ0) is 27.4. The van der Waals surface area contributed by atoms with Crippen molar-refractivity contribution < 1.29 is 14.2 Å². The standard InChI is InChI=1S/C28H23ClN8O3/c1-15-22-23(18-11-31-36(2)12-18)24-26-32-25(35-37(26)14-30-27(24)40-28(22)34-33-15)16-8-9-20(38-3)17(10-16)13-39-21-7-5-4-6-19(21)29/h4-12,14,23H,13H2,1-3H3,(H,33,34)/t23-/m0/s1. The predicted molar refractivity (Wildman–Crippen MR) is 146 cm³/mol. The third-order valence-electron chi connectivity index (χ3n) is 6.93. The number of nitrogens with zero attached hydrogens (tertiary/aromatic N) is 7. The van der Waals surface area contributed by atoms with Crippen LogP contribution in [0, 0.1) is 6.92 Å². The third kappa shape index (κ3) is 3.93. The highest BCUT2D eigenvalue weighted by molar-refractivity contribution is 6.32. The Kier molecular flexibility index (Phi) is 5.67. The van der Waals surface area contributed by atoms with Gasteiger partial charge < -0.3 is 14.2 Å². The summed E-state index contributed by atoms with van der Waals surface area (Å²) >= 11 is 6.28. The van der Waals surface area contributed by atoms with E-state index in [1.54, 1.807) is 28.7 Å². The first-order valence-electron chi connectivity index (χ1n) is 12.5. The van der Waals surface area contributed by atoms with Crippen LogP contribution in [0.2, 0.25) is 5.02 Å². The van der Waals surface area contributed by atoms with Crippen LogP contribution in [0.25, 0.3) is 17.0 Å². The van der Waals surface area contributed by atoms with Gasteiger partial charge in [0.25, 0.3) is 0 Å². The van der Waals surface area contributed by atoms with Crippen molar-refractivity contribution in [3.05, 3.63) is 94.2 Å². The Morgan fingerprint density at radius 2 is 1.98 bits per heavy atom. The molecule has 11 nitrogen and oxygen atoms in total. The van der Waals surface area contributed by atoms with Crippen LogP contribution in [-0.2, 0) is 13.7 Å². The Hall–Kier alpha value is -4.90. The molecular formula is C28H23ClN8O3. The van der Waals surface area contributed by atoms with Gasteiger partial charge in [-0.2, -0.15) is 5.10 Å². The fourth-order valence-electron chi connectivity index (χ4n) is 5.06. The van der Waals surface area contributed by atoms with Crippen molar-refractivity contribution in [1.82, 2.24) is 39.6 Å². The molecule has 0 aliphatic carbocycles. The molecule has 1 N–H and O–H groups in total. The molecule has 0 unspecified atom stereocenters. The van der Waals surface area contributed by atoms with E-state index in [1.165, 1.54) is 0 Å². The van der Waals surface area contributed by atoms with E-state index >= 15 is 0 Å². The number of benzene rings is 2. The molecule has 4 aromatic heterocycles. The molecule has 5 heterocycles. The van der Waals surface area contributed by atoms with Crippen LogP contribution in [0.4, 0.5) is 0 Å². The number of hydrogen-bond acceptors (Lipinski definition) is 8. The number of aromatic nitrogens is 8. The van der Waals surface area contributed by atoms with Gasteiger partial charge in [-0.15, -0.1) is 10.2 Å². The highest BCUT2D eigenvalue weighted by Gasteiger charge is 2.37. The summed E-state index contributed by atoms with van der Waals surface area (Å²) in [5, 5.41) is 17.1. The SMILES string of the molecule is COc1ccc(-c2nc3c4c(ncn3n2)Oc2n[nH]c(C)c2[C@@H]4c2cnn(C)c2)cc1COc1ccccc1Cl. The quantitative estimate of drug-likeness (QED) is 0.302. The van der Waals surface area contributed by atoms with E-state index in [9.17, 15) is 0 Å². The first-order valence-corrected chi connectivity index (χ1v) is 12.9. The summed E-state index contributed by atoms with van der Waals surface area (Å²) in [6, 6.07) is 13.1. The van der Waals surface area contributed by atoms with Crippen molar-refractivity contribution >= 4 is 17.2 Å². The molecule has 200 valence electrons. The second-order valence-electron chi connectivity index (χ2n) is 9.46. The molecule has 0 bridgehead atoms. The molecule has 2 aromatic carbocycles. The number of H-pyrrole nitrogens is 1. The van der Waals surface area contributed by atoms with E-state index in [0.717, 1.165) is 33.5 Å². The number of aromatic amines is 1. The van der Waals surface area contributed by atoms with Gasteiger partial charge in [0.2, 0.25) is 11.8 Å². The Morgan fingerprint density at radius 1 is 1.10 bits per heavy atom. The van der Waals surface area contributed by atoms with Gasteiger partial charge in [-0.05, 0) is 37.3 Å². The lowest BCUT2D eigenvalue weighted by molar-refractivity contribution is 0.297. The van der Waals surface area contributed by atoms with E-state index in [0.29, 0.717) is 39.8 Å². The molecule has 1 aliphatic heterocycles. The van der Waals surface area contributed by atoms with E-state index < -0.39 is 0 Å². The Morgan fingerprint density at radius 3 is 2.77 bits per heavy atom. The van der Waals surface area contributed by atoms with Gasteiger partial charge in [0, 0.05) is 41.2 Å². The maximum absolute atomic E-state index is 6.28. The molecule has 0 saturated heterocycles. The van der Waals surface area contributed by atoms with Gasteiger partial charge in [-0.25, -0.2) is 14.5 Å². The van der Waals surface area contributed by atoms with Crippen LogP contribution in [0.1, 0.15) is 33.9 Å². The fraction of sp³-hybridized carbons (Fsp3) is 0.179. The van der Waals surface area contributed by atoms with Crippen LogP contribution in [0.3, 0.4) is 0 Å². The largest absolute Gasteiger partial charge is 0.496 e. The minimum Gasteiger partial charge on any atom is -0.496 e. The van der Waals surface area contributed by atoms with Crippen molar-refractivity contribution in [3.63, 3.8) is 0 Å². The first-order chi connectivity index (χ1) is 19.5. The summed E-state index contributed by atoms with van der Waals surface area (Å²) in [6.07, 6.45) is 5.41. The Labute approximate surface area is 233 Å². The molecular weight excluding hydrogens is 532 g/mol. The van der Waals surface area contributed by atoms with E-state index in [-0.39, 0.29) is 12.5 Å². The van der Waals surface area contributed by atoms with E-state index in [1.807, 2.05) is 62.8 Å². The molecule has 0 saturated carbocycles. The Bertz CT molecular complexity index is 1890. The van der Waals surface area contributed by atoms with Crippen LogP contribution in [0.5, 0.6) is 23.3 Å². The minimum atomic E-state index is -0.241. The summed E-state index contributed by atoms with van der Waals surface area (Å²) in [5.41, 5.74) is 5.84. The fourth-order valence-corrected chi connectivity index (χ4v) is 5.25. The molecule has 0 spiro atoms. The number of nitrogens with one attached hydrogen (secondary N) is 1. The molecule has 7 rings (SSSR count). The normalized spacial score (nSPS) is 14.1. The molecule has 0 fully saturated rings. The lowest BCUT2D eigenvalue weighted by Gasteiger charge is -2.24. The summed E-state index contributed by atoms with van der Waals surface area (Å²) in [7, 11) is 3.51. The summed E-state index contributed by atoms with van der Waals surface area (Å²) in [5.74, 6) is 2.49. The monoisotopic (exact) mass is 554 g/mol. The lowest BCUT2D eigenvalue weighted by atomic mass is 9.86. The molecule has 1 aliphatic rings. The van der Waals surface area contributed by atoms with Crippen molar-refractivity contribution in [3.8, 4) is 34.6 Å². The predicted octanol–water partition coefficient (Wildman–Crippen LogP) is 5.08. The number of fused-ring (bicyclic) bond motifs is 4. The summed E-state index contributed by atoms with van der Waals surface area (Å²) in [4.78, 5) is 9.53. The average molecular weight is 555 g/mol. The van der Waals surface area contributed by atoms with Crippen molar-refractivity contribution in [2.45, 2.75) is 19.4 Å². The second-order valence-corrected chi connectivity index (χ2v) is 9.87. The highest BCUT2D eigenvalue weighted by Crippen LogP contribution is 2.48. The van der Waals surface area contributed by atoms with Crippen molar-refractivity contribution in [2.75, 3.05) is 7.11 Å². The highest BCUT2D eigenvalue weighted by atomic mass is 35.5. The van der Waals surface area contributed by atoms with E-state index in [4.69, 9.17) is 35.9 Å². The average Bonchev–Trinajstić information content (AvgIpc) is 3.69. The number of para-hydroxylation sites is 1. The molecule has 1 atom stereocenters. The van der Waals surface area contributed by atoms with Crippen LogP contribution < -0.4 is 14.2 Å². The summed E-state index contributed by atoms with van der Waals surface area (Å²) < 4.78 is 21.1. The van der Waals surface area contributed by atoms with Crippen molar-refractivity contribution in [1.29, 1.82) is 0 Å². The van der Waals surface area contributed by atoms with Crippen LogP contribution in [-0.4, -0.2) is 46.7 Å². The minimum absolute atomic E-state index is 0.241. The zero-order valence-corrected chi connectivity index (χ0v) is 22.5. The Balaban J connectivity index is 1.32. The van der Waals surface area contributed by atoms with Crippen molar-refractivity contribution in [2.24, 2.45) is 7.05 Å². The third-order valence-corrected chi connectivity index (χ3v) is 7.25. The van der Waals surface area contributed by atoms with Gasteiger partial charge in [-0.3, -0.25) is 9.78 Å². The van der Waals surface area contributed by atoms with Gasteiger partial charge in [0.15, 0.2) is 11.5 Å². The molecule has 40 heavy (non-hydrogen) atoms. The maximum atomic E-state index is 6.28. The number of ether oxygens (including phenoxy) is 3. The van der Waals surface area contributed by atoms with Gasteiger partial charge >= 0.3 is 0 Å². The molecule has 0 amide bonds. The maximum Gasteiger partial charge on any atom is 0.244 e. The number of hydrogen-bond donors (Lipinski definition) is 1. The smallest absolute Gasteiger partial charge is 0.244 e. The number of aryl methyl sites for hydroxylation is 2. The number of halogens is 1. The van der Waals surface area contributed by atoms with Crippen LogP contribution >= 0.6 is 11.6 Å². The summed E-state index contributed by atoms with van der Waals surface area (Å²) in [6.45, 7) is 2.22. The van der Waals surface area contributed by atoms with Gasteiger partial charge in [-0.1, -0.05) is 23.7 Å².